The summed E-state index contributed by atoms with van der Waals surface area (Å²) in [6.45, 7) is 4.91. The van der Waals surface area contributed by atoms with Crippen molar-refractivity contribution in [2.75, 3.05) is 6.61 Å². The fourth-order valence-electron chi connectivity index (χ4n) is 2.37. The molecule has 2 N–H and O–H groups in total. The van der Waals surface area contributed by atoms with Crippen LogP contribution in [0.25, 0.3) is 10.9 Å². The molecule has 0 saturated carbocycles. The van der Waals surface area contributed by atoms with Gasteiger partial charge in [-0.25, -0.2) is 0 Å². The van der Waals surface area contributed by atoms with Crippen molar-refractivity contribution in [3.05, 3.63) is 34.5 Å². The molecule has 1 fully saturated rings. The Hall–Kier alpha value is -1.52. The lowest BCUT2D eigenvalue weighted by Crippen LogP contribution is -2.53. The van der Waals surface area contributed by atoms with Crippen LogP contribution in [-0.4, -0.2) is 23.1 Å². The zero-order valence-electron chi connectivity index (χ0n) is 11.5. The highest BCUT2D eigenvalue weighted by Gasteiger charge is 2.40. The van der Waals surface area contributed by atoms with E-state index in [9.17, 15) is 4.79 Å². The van der Waals surface area contributed by atoms with Gasteiger partial charge in [-0.3, -0.25) is 4.79 Å². The summed E-state index contributed by atoms with van der Waals surface area (Å²) in [5, 5.41) is 4.71. The van der Waals surface area contributed by atoms with Crippen molar-refractivity contribution < 1.29 is 9.53 Å². The first-order valence-corrected chi connectivity index (χ1v) is 7.06. The Balaban J connectivity index is 1.73. The third-order valence-corrected chi connectivity index (χ3v) is 4.28. The molecule has 5 heteroatoms. The Labute approximate surface area is 122 Å². The van der Waals surface area contributed by atoms with Gasteiger partial charge in [0.2, 0.25) is 0 Å². The second kappa shape index (κ2) is 4.79. The summed E-state index contributed by atoms with van der Waals surface area (Å²) in [4.78, 5) is 15.3. The van der Waals surface area contributed by atoms with E-state index in [1.165, 1.54) is 0 Å². The fourth-order valence-corrected chi connectivity index (χ4v) is 2.54. The number of carbonyl (C=O) groups excluding carboxylic acids is 1. The summed E-state index contributed by atoms with van der Waals surface area (Å²) in [5.74, 6) is -0.0587. The Bertz CT molecular complexity index is 635. The van der Waals surface area contributed by atoms with Gasteiger partial charge in [-0.15, -0.1) is 0 Å². The molecule has 1 atom stereocenters. The van der Waals surface area contributed by atoms with Crippen LogP contribution in [0, 0.1) is 6.92 Å². The van der Waals surface area contributed by atoms with E-state index < -0.39 is 5.60 Å². The number of rotatable bonds is 3. The van der Waals surface area contributed by atoms with E-state index in [2.05, 4.69) is 10.3 Å². The number of H-pyrrole nitrogens is 1. The smallest absolute Gasteiger partial charge is 0.252 e. The molecule has 106 valence electrons. The number of aryl methyl sites for hydroxylation is 1. The molecule has 0 aliphatic carbocycles. The predicted octanol–water partition coefficient (Wildman–Crippen LogP) is 2.92. The first-order valence-electron chi connectivity index (χ1n) is 6.68. The molecule has 1 amide bonds. The van der Waals surface area contributed by atoms with Crippen LogP contribution in [0.2, 0.25) is 5.02 Å². The predicted molar refractivity (Wildman–Crippen MR) is 78.9 cm³/mol. The molecule has 1 unspecified atom stereocenters. The van der Waals surface area contributed by atoms with Crippen LogP contribution >= 0.6 is 11.6 Å². The van der Waals surface area contributed by atoms with Gasteiger partial charge < -0.3 is 15.0 Å². The Kier molecular flexibility index (Phi) is 3.22. The van der Waals surface area contributed by atoms with E-state index in [4.69, 9.17) is 16.3 Å². The summed E-state index contributed by atoms with van der Waals surface area (Å²) in [6, 6.07) is 5.95. The molecular weight excluding hydrogens is 276 g/mol. The van der Waals surface area contributed by atoms with E-state index >= 15 is 0 Å². The van der Waals surface area contributed by atoms with Gasteiger partial charge in [0.15, 0.2) is 0 Å². The second-order valence-corrected chi connectivity index (χ2v) is 5.90. The van der Waals surface area contributed by atoms with Crippen LogP contribution in [-0.2, 0) is 16.1 Å². The average Bonchev–Trinajstić information content (AvgIpc) is 2.75. The van der Waals surface area contributed by atoms with Gasteiger partial charge in [-0.2, -0.15) is 0 Å². The molecule has 1 saturated heterocycles. The van der Waals surface area contributed by atoms with E-state index in [1.54, 1.807) is 0 Å². The number of halogens is 1. The van der Waals surface area contributed by atoms with Gasteiger partial charge in [0.25, 0.3) is 5.91 Å². The number of amides is 1. The van der Waals surface area contributed by atoms with Crippen molar-refractivity contribution in [2.24, 2.45) is 0 Å². The number of hydrogen-bond donors (Lipinski definition) is 2. The van der Waals surface area contributed by atoms with Crippen molar-refractivity contribution in [3.63, 3.8) is 0 Å². The van der Waals surface area contributed by atoms with Crippen LogP contribution in [0.4, 0.5) is 0 Å². The van der Waals surface area contributed by atoms with Crippen molar-refractivity contribution >= 4 is 28.4 Å². The first-order chi connectivity index (χ1) is 9.48. The largest absolute Gasteiger partial charge is 0.365 e. The minimum Gasteiger partial charge on any atom is -0.365 e. The minimum atomic E-state index is -0.647. The number of nitrogens with one attached hydrogen (secondary N) is 2. The molecule has 20 heavy (non-hydrogen) atoms. The van der Waals surface area contributed by atoms with Crippen LogP contribution in [0.1, 0.15) is 24.6 Å². The lowest BCUT2D eigenvalue weighted by molar-refractivity contribution is -0.171. The van der Waals surface area contributed by atoms with Gasteiger partial charge >= 0.3 is 0 Å². The zero-order chi connectivity index (χ0) is 14.3. The highest BCUT2D eigenvalue weighted by Crippen LogP contribution is 2.26. The van der Waals surface area contributed by atoms with E-state index in [-0.39, 0.29) is 5.91 Å². The summed E-state index contributed by atoms with van der Waals surface area (Å²) in [5.41, 5.74) is 2.37. The number of benzene rings is 1. The van der Waals surface area contributed by atoms with Crippen molar-refractivity contribution in [1.29, 1.82) is 0 Å². The van der Waals surface area contributed by atoms with Gasteiger partial charge in [0.05, 0.1) is 13.2 Å². The van der Waals surface area contributed by atoms with E-state index in [0.717, 1.165) is 33.6 Å². The summed E-state index contributed by atoms with van der Waals surface area (Å²) < 4.78 is 5.32. The lowest BCUT2D eigenvalue weighted by atomic mass is 9.96. The SMILES string of the molecule is Cc1cc2[nH]c(CNC(=O)C3(C)CCO3)cc2cc1Cl. The van der Waals surface area contributed by atoms with Gasteiger partial charge in [0.1, 0.15) is 5.60 Å². The number of aromatic nitrogens is 1. The molecule has 2 heterocycles. The maximum Gasteiger partial charge on any atom is 0.252 e. The summed E-state index contributed by atoms with van der Waals surface area (Å²) in [7, 11) is 0. The Morgan fingerprint density at radius 1 is 1.50 bits per heavy atom. The summed E-state index contributed by atoms with van der Waals surface area (Å²) >= 11 is 6.11. The molecule has 2 aromatic rings. The minimum absolute atomic E-state index is 0.0587. The average molecular weight is 293 g/mol. The van der Waals surface area contributed by atoms with Crippen molar-refractivity contribution in [3.8, 4) is 0 Å². The molecule has 4 nitrogen and oxygen atoms in total. The van der Waals surface area contributed by atoms with Crippen molar-refractivity contribution in [2.45, 2.75) is 32.4 Å². The van der Waals surface area contributed by atoms with Gasteiger partial charge in [0, 0.05) is 28.0 Å². The number of ether oxygens (including phenoxy) is 1. The monoisotopic (exact) mass is 292 g/mol. The topological polar surface area (TPSA) is 54.1 Å². The molecule has 3 rings (SSSR count). The molecule has 1 aromatic carbocycles. The highest BCUT2D eigenvalue weighted by atomic mass is 35.5. The first kappa shape index (κ1) is 13.5. The highest BCUT2D eigenvalue weighted by molar-refractivity contribution is 6.32. The quantitative estimate of drug-likeness (QED) is 0.914. The van der Waals surface area contributed by atoms with Gasteiger partial charge in [-0.05, 0) is 37.6 Å². The molecule has 0 bridgehead atoms. The van der Waals surface area contributed by atoms with Crippen LogP contribution in [0.3, 0.4) is 0 Å². The molecule has 0 spiro atoms. The fraction of sp³-hybridized carbons (Fsp3) is 0.400. The van der Waals surface area contributed by atoms with Gasteiger partial charge in [-0.1, -0.05) is 11.6 Å². The molecule has 1 aliphatic rings. The normalized spacial score (nSPS) is 21.8. The van der Waals surface area contributed by atoms with Crippen LogP contribution in [0.15, 0.2) is 18.2 Å². The maximum absolute atomic E-state index is 12.0. The molecule has 1 aliphatic heterocycles. The number of hydrogen-bond acceptors (Lipinski definition) is 2. The third kappa shape index (κ3) is 2.30. The number of aromatic amines is 1. The Morgan fingerprint density at radius 2 is 2.25 bits per heavy atom. The molecule has 1 aromatic heterocycles. The zero-order valence-corrected chi connectivity index (χ0v) is 12.3. The van der Waals surface area contributed by atoms with E-state index in [0.29, 0.717) is 13.2 Å². The molecular formula is C15H17ClN2O2. The molecule has 0 radical (unpaired) electrons. The second-order valence-electron chi connectivity index (χ2n) is 5.50. The lowest BCUT2D eigenvalue weighted by Gasteiger charge is -2.36. The Morgan fingerprint density at radius 3 is 2.90 bits per heavy atom. The van der Waals surface area contributed by atoms with Crippen molar-refractivity contribution in [1.82, 2.24) is 10.3 Å². The van der Waals surface area contributed by atoms with Crippen LogP contribution in [0.5, 0.6) is 0 Å². The third-order valence-electron chi connectivity index (χ3n) is 3.88. The number of carbonyl (C=O) groups is 1. The standard InChI is InChI=1S/C15H17ClN2O2/c1-9-5-13-10(7-12(9)16)6-11(18-13)8-17-14(19)15(2)3-4-20-15/h5-7,18H,3-4,8H2,1-2H3,(H,17,19). The van der Waals surface area contributed by atoms with E-state index in [1.807, 2.05) is 32.0 Å². The van der Waals surface area contributed by atoms with Crippen LogP contribution < -0.4 is 5.32 Å². The number of fused-ring (bicyclic) bond motifs is 1. The maximum atomic E-state index is 12.0. The summed E-state index contributed by atoms with van der Waals surface area (Å²) in [6.07, 6.45) is 0.778.